The summed E-state index contributed by atoms with van der Waals surface area (Å²) in [7, 11) is 2.48. The number of aromatic amines is 2. The molecule has 3 aromatic carbocycles. The third-order valence-electron chi connectivity index (χ3n) is 13.1. The fourth-order valence-corrected chi connectivity index (χ4v) is 9.77. The van der Waals surface area contributed by atoms with Crippen molar-refractivity contribution in [1.29, 1.82) is 0 Å². The molecule has 5 atom stereocenters. The highest BCUT2D eigenvalue weighted by molar-refractivity contribution is 5.87. The first-order valence-electron chi connectivity index (χ1n) is 22.1. The van der Waals surface area contributed by atoms with E-state index >= 15 is 8.78 Å². The van der Waals surface area contributed by atoms with Gasteiger partial charge in [-0.05, 0) is 79.7 Å². The predicted octanol–water partition coefficient (Wildman–Crippen LogP) is 8.16. The topological polar surface area (TPSA) is 178 Å². The molecule has 2 aromatic heterocycles. The van der Waals surface area contributed by atoms with Gasteiger partial charge in [-0.1, -0.05) is 58.9 Å². The molecule has 64 heavy (non-hydrogen) atoms. The van der Waals surface area contributed by atoms with Crippen molar-refractivity contribution in [2.75, 3.05) is 38.8 Å². The molecule has 4 N–H and O–H groups in total. The lowest BCUT2D eigenvalue weighted by molar-refractivity contribution is -0.135. The average molecular weight is 882 g/mol. The highest BCUT2D eigenvalue weighted by Gasteiger charge is 2.41. The lowest BCUT2D eigenvalue weighted by atomic mass is 9.87. The number of methoxy groups -OCH3 is 2. The number of nitrogens with one attached hydrogen (secondary N) is 4. The van der Waals surface area contributed by atoms with Gasteiger partial charge in [0.15, 0.2) is 11.6 Å². The number of anilines is 1. The Labute approximate surface area is 370 Å². The second kappa shape index (κ2) is 17.7. The summed E-state index contributed by atoms with van der Waals surface area (Å²) in [5.74, 6) is -0.784. The zero-order valence-corrected chi connectivity index (χ0v) is 37.4. The number of aromatic nitrogens is 4. The van der Waals surface area contributed by atoms with Crippen LogP contribution in [0.3, 0.4) is 0 Å². The van der Waals surface area contributed by atoms with Gasteiger partial charge in [0.05, 0.1) is 49.4 Å². The van der Waals surface area contributed by atoms with Gasteiger partial charge in [-0.25, -0.2) is 28.3 Å². The molecule has 17 heteroatoms. The number of alkyl carbamates (subject to hydrolysis) is 2. The van der Waals surface area contributed by atoms with E-state index < -0.39 is 54.0 Å². The normalized spacial score (nSPS) is 20.7. The molecule has 1 unspecified atom stereocenters. The fourth-order valence-electron chi connectivity index (χ4n) is 9.77. The number of rotatable bonds is 10. The van der Waals surface area contributed by atoms with E-state index in [9.17, 15) is 19.2 Å². The zero-order valence-electron chi connectivity index (χ0n) is 37.4. The number of imidazole rings is 2. The lowest BCUT2D eigenvalue weighted by Crippen LogP contribution is -2.51. The molecule has 4 amide bonds. The summed E-state index contributed by atoms with van der Waals surface area (Å²) in [6.45, 7) is 10.8. The third kappa shape index (κ3) is 8.31. The highest BCUT2D eigenvalue weighted by atomic mass is 19.1. The van der Waals surface area contributed by atoms with Gasteiger partial charge >= 0.3 is 12.2 Å². The van der Waals surface area contributed by atoms with Crippen LogP contribution in [0.5, 0.6) is 0 Å². The van der Waals surface area contributed by atoms with Crippen LogP contribution in [0.2, 0.25) is 0 Å². The predicted molar refractivity (Wildman–Crippen MR) is 236 cm³/mol. The van der Waals surface area contributed by atoms with E-state index in [-0.39, 0.29) is 40.7 Å². The zero-order chi connectivity index (χ0) is 45.6. The van der Waals surface area contributed by atoms with Crippen LogP contribution in [0.25, 0.3) is 22.1 Å². The number of likely N-dealkylation sites (tertiary alicyclic amines) is 2. The molecule has 340 valence electrons. The number of hydrogen-bond donors (Lipinski definition) is 4. The van der Waals surface area contributed by atoms with E-state index in [1.165, 1.54) is 14.2 Å². The molecule has 5 aromatic rings. The number of hydrogen-bond acceptors (Lipinski definition) is 9. The van der Waals surface area contributed by atoms with Crippen LogP contribution in [0, 0.1) is 17.6 Å². The average Bonchev–Trinajstić information content (AvgIpc) is 4.13. The van der Waals surface area contributed by atoms with Crippen molar-refractivity contribution in [3.05, 3.63) is 88.5 Å². The summed E-state index contributed by atoms with van der Waals surface area (Å²) in [5, 5.41) is 5.11. The lowest BCUT2D eigenvalue weighted by Gasteiger charge is -2.34. The van der Waals surface area contributed by atoms with Gasteiger partial charge in [0, 0.05) is 29.9 Å². The van der Waals surface area contributed by atoms with E-state index in [0.717, 1.165) is 17.7 Å². The maximum absolute atomic E-state index is 17.2. The van der Waals surface area contributed by atoms with Crippen molar-refractivity contribution in [2.45, 2.75) is 109 Å². The van der Waals surface area contributed by atoms with Crippen molar-refractivity contribution in [3.8, 4) is 0 Å². The molecule has 0 bridgehead atoms. The van der Waals surface area contributed by atoms with E-state index in [0.29, 0.717) is 79.0 Å². The molecule has 0 radical (unpaired) electrons. The molecule has 0 spiro atoms. The molecule has 3 fully saturated rings. The molecule has 3 aliphatic heterocycles. The first-order chi connectivity index (χ1) is 30.6. The standard InChI is InChI=1S/C47H57F2N9O6/c1-25(2)39(55-46(62)64-7)44(60)57-23-9-11-35(57)43-52-31-19-17-29(38(49)41(31)54-43)33-21-20-32(58(33)27-14-12-26(13-15-27)47(3,4)5)28-16-18-30-40(37(28)48)53-42(51-30)34-10-8-22-56(34)36(59)24-50-45(61)63-6/h12-19,25,32-35,39H,8-11,20-24H2,1-7H3,(H,50,61)(H,51,53)(H,52,54)(H,55,62)/t32-,33+,34+,35+,39?/m1/s1. The van der Waals surface area contributed by atoms with E-state index in [4.69, 9.17) is 14.7 Å². The fraction of sp³-hybridized carbons (Fsp3) is 0.489. The molecule has 0 saturated carbocycles. The SMILES string of the molecule is COC(=O)NCC(=O)N1CCC[C@H]1c1nc2c(F)c([C@H]3CC[C@@H](c4ccc5nc([C@@H]6CCCN6C(=O)C(NC(=O)OC)C(C)C)[nH]c5c4F)N3c3ccc(C(C)(C)C)cc3)ccc2[nH]1. The summed E-state index contributed by atoms with van der Waals surface area (Å²) < 4.78 is 43.6. The van der Waals surface area contributed by atoms with Crippen LogP contribution in [0.15, 0.2) is 48.5 Å². The van der Waals surface area contributed by atoms with Crippen molar-refractivity contribution in [3.63, 3.8) is 0 Å². The Morgan fingerprint density at radius 1 is 0.766 bits per heavy atom. The van der Waals surface area contributed by atoms with Crippen LogP contribution in [-0.2, 0) is 24.5 Å². The summed E-state index contributed by atoms with van der Waals surface area (Å²) >= 11 is 0. The van der Waals surface area contributed by atoms with Crippen LogP contribution in [0.4, 0.5) is 24.1 Å². The van der Waals surface area contributed by atoms with Crippen LogP contribution < -0.4 is 15.5 Å². The number of halogens is 2. The minimum atomic E-state index is -0.809. The number of carbonyl (C=O) groups is 4. The molecule has 15 nitrogen and oxygen atoms in total. The molecular weight excluding hydrogens is 825 g/mol. The first kappa shape index (κ1) is 44.4. The number of fused-ring (bicyclic) bond motifs is 2. The maximum Gasteiger partial charge on any atom is 0.407 e. The number of nitrogens with zero attached hydrogens (tertiary/aromatic N) is 5. The third-order valence-corrected chi connectivity index (χ3v) is 13.1. The van der Waals surface area contributed by atoms with Crippen LogP contribution >= 0.6 is 0 Å². The summed E-state index contributed by atoms with van der Waals surface area (Å²) in [6.07, 6.45) is 2.32. The van der Waals surface area contributed by atoms with Gasteiger partial charge in [-0.2, -0.15) is 0 Å². The highest BCUT2D eigenvalue weighted by Crippen LogP contribution is 2.49. The van der Waals surface area contributed by atoms with Crippen molar-refractivity contribution < 1.29 is 37.4 Å². The van der Waals surface area contributed by atoms with Crippen molar-refractivity contribution in [2.24, 2.45) is 5.92 Å². The van der Waals surface area contributed by atoms with Gasteiger partial charge in [0.2, 0.25) is 11.8 Å². The van der Waals surface area contributed by atoms with E-state index in [2.05, 4.69) is 63.1 Å². The summed E-state index contributed by atoms with van der Waals surface area (Å²) in [6, 6.07) is 12.6. The Bertz CT molecular complexity index is 2570. The van der Waals surface area contributed by atoms with Crippen molar-refractivity contribution in [1.82, 2.24) is 40.4 Å². The monoisotopic (exact) mass is 881 g/mol. The minimum Gasteiger partial charge on any atom is -0.453 e. The largest absolute Gasteiger partial charge is 0.453 e. The number of benzene rings is 3. The van der Waals surface area contributed by atoms with Crippen LogP contribution in [-0.4, -0.2) is 93.6 Å². The van der Waals surface area contributed by atoms with E-state index in [1.807, 2.05) is 32.0 Å². The molecule has 0 aliphatic carbocycles. The van der Waals surface area contributed by atoms with Gasteiger partial charge in [0.25, 0.3) is 0 Å². The van der Waals surface area contributed by atoms with Gasteiger partial charge in [0.1, 0.15) is 35.3 Å². The summed E-state index contributed by atoms with van der Waals surface area (Å²) in [4.78, 5) is 72.2. The Kier molecular flexibility index (Phi) is 12.3. The minimum absolute atomic E-state index is 0.114. The number of H-pyrrole nitrogens is 2. The second-order valence-corrected chi connectivity index (χ2v) is 18.4. The Morgan fingerprint density at radius 3 is 2.02 bits per heavy atom. The molecule has 8 rings (SSSR count). The smallest absolute Gasteiger partial charge is 0.407 e. The van der Waals surface area contributed by atoms with Crippen molar-refractivity contribution >= 4 is 51.8 Å². The molecule has 5 heterocycles. The Balaban J connectivity index is 1.12. The van der Waals surface area contributed by atoms with Crippen LogP contribution in [0.1, 0.15) is 126 Å². The molecular formula is C47H57F2N9O6. The Hall–Kier alpha value is -6.26. The summed E-state index contributed by atoms with van der Waals surface area (Å²) in [5.41, 5.74) is 3.98. The number of ether oxygens (including phenoxy) is 2. The maximum atomic E-state index is 17.2. The Morgan fingerprint density at radius 2 is 1.38 bits per heavy atom. The molecule has 3 saturated heterocycles. The van der Waals surface area contributed by atoms with Gasteiger partial charge in [-0.3, -0.25) is 9.59 Å². The quantitative estimate of drug-likeness (QED) is 0.108. The van der Waals surface area contributed by atoms with E-state index in [1.54, 1.807) is 28.0 Å². The molecule has 3 aliphatic rings. The van der Waals surface area contributed by atoms with Gasteiger partial charge in [-0.15, -0.1) is 0 Å². The first-order valence-corrected chi connectivity index (χ1v) is 22.1. The van der Waals surface area contributed by atoms with Gasteiger partial charge < -0.3 is 44.8 Å². The second-order valence-electron chi connectivity index (χ2n) is 18.4. The number of carbonyl (C=O) groups excluding carboxylic acids is 4. The number of amides is 4.